The third kappa shape index (κ3) is 3.02. The normalized spacial score (nSPS) is 27.0. The number of nitrogens with two attached hydrogens (primary N) is 1. The van der Waals surface area contributed by atoms with E-state index in [1.807, 2.05) is 7.05 Å². The van der Waals surface area contributed by atoms with Crippen LogP contribution in [0.25, 0.3) is 0 Å². The Labute approximate surface area is 163 Å². The molecule has 27 heavy (non-hydrogen) atoms. The fourth-order valence-corrected chi connectivity index (χ4v) is 5.60. The highest BCUT2D eigenvalue weighted by atomic mass is 32.2. The predicted octanol–water partition coefficient (Wildman–Crippen LogP) is -0.945. The average Bonchev–Trinajstić information content (AvgIpc) is 3.04. The number of β-lactam (4-membered cyclic amide) rings is 1. The third-order valence-electron chi connectivity index (χ3n) is 4.41. The van der Waals surface area contributed by atoms with Gasteiger partial charge >= 0.3 is 5.97 Å². The Morgan fingerprint density at radius 2 is 2.33 bits per heavy atom. The van der Waals surface area contributed by atoms with E-state index in [2.05, 4.69) is 10.5 Å². The molecule has 144 valence electrons. The van der Waals surface area contributed by atoms with Crippen molar-refractivity contribution < 1.29 is 19.8 Å². The highest BCUT2D eigenvalue weighted by Gasteiger charge is 2.51. The van der Waals surface area contributed by atoms with E-state index in [0.29, 0.717) is 28.6 Å². The zero-order chi connectivity index (χ0) is 19.3. The number of carboxylic acid groups (broad SMARTS) is 1. The molecule has 0 aliphatic carbocycles. The number of hydrogen-bond donors (Lipinski definition) is 4. The van der Waals surface area contributed by atoms with Gasteiger partial charge in [0.1, 0.15) is 17.1 Å². The second kappa shape index (κ2) is 6.87. The molecular weight excluding hydrogens is 392 g/mol. The first kappa shape index (κ1) is 18.4. The minimum absolute atomic E-state index is 0.0349. The largest absolute Gasteiger partial charge is 0.477 e. The maximum absolute atomic E-state index is 12.0. The number of carboxylic acids is 1. The lowest BCUT2D eigenvalue weighted by molar-refractivity contribution is -0.147. The van der Waals surface area contributed by atoms with E-state index in [9.17, 15) is 19.8 Å². The molecule has 0 bridgehead atoms. The number of aliphatic hydroxyl groups is 1. The highest BCUT2D eigenvalue weighted by molar-refractivity contribution is 8.03. The van der Waals surface area contributed by atoms with Gasteiger partial charge in [-0.25, -0.2) is 14.8 Å². The van der Waals surface area contributed by atoms with Crippen molar-refractivity contribution in [2.24, 2.45) is 10.7 Å². The lowest BCUT2D eigenvalue weighted by atomic mass is 10.0. The van der Waals surface area contributed by atoms with Crippen LogP contribution in [0.4, 0.5) is 0 Å². The van der Waals surface area contributed by atoms with Crippen molar-refractivity contribution in [2.45, 2.75) is 11.4 Å². The summed E-state index contributed by atoms with van der Waals surface area (Å²) >= 11 is 2.89. The van der Waals surface area contributed by atoms with Crippen molar-refractivity contribution in [3.8, 4) is 0 Å². The fourth-order valence-electron chi connectivity index (χ4n) is 3.14. The highest BCUT2D eigenvalue weighted by Crippen LogP contribution is 2.41. The standard InChI is InChI=1S/C15H18N6O4S2/c1-19-3-9-17-8(4-22)2-10(21(9)18-19)26-5-7-6-27-14-11(16)13(23)20(14)12(7)15(24)25/h2-3,11,14,18,22H,4-6,16H2,1H3,(H,24,25)/t11?,14-/m1/s1. The van der Waals surface area contributed by atoms with Crippen molar-refractivity contribution in [1.29, 1.82) is 0 Å². The minimum atomic E-state index is -1.12. The number of rotatable bonds is 5. The Hall–Kier alpha value is -1.99. The summed E-state index contributed by atoms with van der Waals surface area (Å²) in [6.07, 6.45) is 3.53. The Morgan fingerprint density at radius 1 is 1.56 bits per heavy atom. The van der Waals surface area contributed by atoms with Crippen LogP contribution in [-0.4, -0.2) is 79.3 Å². The number of nitrogens with zero attached hydrogens (tertiary/aromatic N) is 4. The number of hydrazine groups is 2. The average molecular weight is 410 g/mol. The fraction of sp³-hybridized carbons (Fsp3) is 0.400. The van der Waals surface area contributed by atoms with Crippen LogP contribution in [0, 0.1) is 0 Å². The summed E-state index contributed by atoms with van der Waals surface area (Å²) in [5, 5.41) is 23.0. The number of nitrogens with one attached hydrogen (secondary N) is 1. The molecule has 0 aromatic rings. The van der Waals surface area contributed by atoms with Gasteiger partial charge in [0.25, 0.3) is 0 Å². The van der Waals surface area contributed by atoms with Gasteiger partial charge < -0.3 is 15.9 Å². The zero-order valence-electron chi connectivity index (χ0n) is 14.3. The molecular formula is C15H18N6O4S2. The van der Waals surface area contributed by atoms with Crippen LogP contribution in [-0.2, 0) is 9.59 Å². The second-order valence-electron chi connectivity index (χ2n) is 6.26. The molecule has 12 heteroatoms. The number of fused-ring (bicyclic) bond motifs is 2. The van der Waals surface area contributed by atoms with Gasteiger partial charge in [-0.2, -0.15) is 0 Å². The summed E-state index contributed by atoms with van der Waals surface area (Å²) in [5.74, 6) is 0.0555. The van der Waals surface area contributed by atoms with Crippen molar-refractivity contribution in [3.05, 3.63) is 34.4 Å². The van der Waals surface area contributed by atoms with Crippen molar-refractivity contribution in [3.63, 3.8) is 0 Å². The molecule has 0 saturated carbocycles. The SMILES string of the molecule is CN1C=C2N=C(CO)C=C(SCC3=C(C(=O)O)N4C(=O)C(N)[C@H]4SC3)N2N1. The number of carbonyl (C=O) groups excluding carboxylic acids is 1. The van der Waals surface area contributed by atoms with E-state index < -0.39 is 12.0 Å². The molecule has 1 unspecified atom stereocenters. The molecule has 4 aliphatic rings. The van der Waals surface area contributed by atoms with Crippen LogP contribution in [0.5, 0.6) is 0 Å². The first-order chi connectivity index (χ1) is 12.9. The number of hydrogen-bond acceptors (Lipinski definition) is 10. The van der Waals surface area contributed by atoms with Crippen LogP contribution >= 0.6 is 23.5 Å². The lowest BCUT2D eigenvalue weighted by Crippen LogP contribution is -2.68. The smallest absolute Gasteiger partial charge is 0.352 e. The maximum atomic E-state index is 12.0. The predicted molar refractivity (Wildman–Crippen MR) is 102 cm³/mol. The van der Waals surface area contributed by atoms with E-state index in [1.54, 1.807) is 22.3 Å². The molecule has 4 rings (SSSR count). The Bertz CT molecular complexity index is 838. The molecule has 4 aliphatic heterocycles. The first-order valence-electron chi connectivity index (χ1n) is 8.10. The van der Waals surface area contributed by atoms with Gasteiger partial charge in [0.2, 0.25) is 5.91 Å². The van der Waals surface area contributed by atoms with Crippen LogP contribution in [0.2, 0.25) is 0 Å². The van der Waals surface area contributed by atoms with Crippen LogP contribution in [0.15, 0.2) is 39.4 Å². The van der Waals surface area contributed by atoms with Gasteiger partial charge in [0.15, 0.2) is 5.82 Å². The Balaban J connectivity index is 1.56. The monoisotopic (exact) mass is 410 g/mol. The Morgan fingerprint density at radius 3 is 3.04 bits per heavy atom. The molecule has 0 aromatic heterocycles. The molecule has 10 nitrogen and oxygen atoms in total. The molecule has 4 heterocycles. The number of aliphatic hydroxyl groups excluding tert-OH is 1. The summed E-state index contributed by atoms with van der Waals surface area (Å²) in [6, 6.07) is -0.639. The van der Waals surface area contributed by atoms with Gasteiger partial charge in [-0.3, -0.25) is 14.7 Å². The van der Waals surface area contributed by atoms with Crippen molar-refractivity contribution in [1.82, 2.24) is 20.5 Å². The first-order valence-corrected chi connectivity index (χ1v) is 10.1. The van der Waals surface area contributed by atoms with E-state index in [-0.39, 0.29) is 23.6 Å². The van der Waals surface area contributed by atoms with Gasteiger partial charge in [0.05, 0.1) is 23.5 Å². The molecule has 1 fully saturated rings. The topological polar surface area (TPSA) is 135 Å². The van der Waals surface area contributed by atoms with E-state index in [4.69, 9.17) is 5.73 Å². The number of carbonyl (C=O) groups is 2. The van der Waals surface area contributed by atoms with Gasteiger partial charge in [-0.1, -0.05) is 0 Å². The summed E-state index contributed by atoms with van der Waals surface area (Å²) in [6.45, 7) is -0.195. The van der Waals surface area contributed by atoms with Crippen LogP contribution in [0.3, 0.4) is 0 Å². The minimum Gasteiger partial charge on any atom is -0.477 e. The molecule has 1 saturated heterocycles. The molecule has 0 radical (unpaired) electrons. The van der Waals surface area contributed by atoms with Gasteiger partial charge in [-0.05, 0) is 11.6 Å². The quantitative estimate of drug-likeness (QED) is 0.420. The molecule has 1 amide bonds. The lowest BCUT2D eigenvalue weighted by Gasteiger charge is -2.48. The summed E-state index contributed by atoms with van der Waals surface area (Å²) in [7, 11) is 1.82. The molecule has 2 atom stereocenters. The molecule has 0 spiro atoms. The van der Waals surface area contributed by atoms with Crippen LogP contribution in [0.1, 0.15) is 0 Å². The summed E-state index contributed by atoms with van der Waals surface area (Å²) in [5.41, 5.74) is 10.1. The number of aliphatic imine (C=N–C) groups is 1. The summed E-state index contributed by atoms with van der Waals surface area (Å²) in [4.78, 5) is 29.4. The van der Waals surface area contributed by atoms with E-state index in [0.717, 1.165) is 5.03 Å². The Kier molecular flexibility index (Phi) is 4.68. The number of amides is 1. The van der Waals surface area contributed by atoms with Crippen molar-refractivity contribution in [2.75, 3.05) is 25.2 Å². The van der Waals surface area contributed by atoms with Gasteiger partial charge in [-0.15, -0.1) is 29.1 Å². The summed E-state index contributed by atoms with van der Waals surface area (Å²) < 4.78 is 0. The van der Waals surface area contributed by atoms with Crippen molar-refractivity contribution >= 4 is 41.1 Å². The molecule has 5 N–H and O–H groups in total. The second-order valence-corrected chi connectivity index (χ2v) is 8.36. The molecule has 0 aromatic carbocycles. The zero-order valence-corrected chi connectivity index (χ0v) is 16.0. The van der Waals surface area contributed by atoms with E-state index in [1.165, 1.54) is 28.4 Å². The maximum Gasteiger partial charge on any atom is 0.352 e. The van der Waals surface area contributed by atoms with Gasteiger partial charge in [0, 0.05) is 18.6 Å². The number of aliphatic carboxylic acids is 1. The van der Waals surface area contributed by atoms with E-state index >= 15 is 0 Å². The third-order valence-corrected chi connectivity index (χ3v) is 6.86. The van der Waals surface area contributed by atoms with Crippen LogP contribution < -0.4 is 11.3 Å². The number of thioether (sulfide) groups is 2.